The van der Waals surface area contributed by atoms with Gasteiger partial charge in [-0.25, -0.2) is 4.57 Å². The number of likely N-dealkylation sites (N-methyl/N-ethyl adjacent to an activating group) is 2. The summed E-state index contributed by atoms with van der Waals surface area (Å²) in [5.41, 5.74) is 0. The van der Waals surface area contributed by atoms with E-state index in [1.54, 1.807) is 7.05 Å². The topological polar surface area (TPSA) is 65.1 Å². The highest BCUT2D eigenvalue weighted by Gasteiger charge is 2.27. The number of amides is 1. The van der Waals surface area contributed by atoms with Gasteiger partial charge in [-0.1, -0.05) is 0 Å². The van der Waals surface area contributed by atoms with Gasteiger partial charge >= 0.3 is 7.82 Å². The van der Waals surface area contributed by atoms with E-state index in [2.05, 4.69) is 0 Å². The van der Waals surface area contributed by atoms with Gasteiger partial charge in [0.15, 0.2) is 0 Å². The molecule has 0 bridgehead atoms. The zero-order valence-electron chi connectivity index (χ0n) is 12.7. The monoisotopic (exact) mass is 297 g/mol. The van der Waals surface area contributed by atoms with Gasteiger partial charge in [0.05, 0.1) is 21.1 Å². The maximum absolute atomic E-state index is 12.0. The zero-order valence-corrected chi connectivity index (χ0v) is 13.6. The van der Waals surface area contributed by atoms with Crippen LogP contribution in [0.2, 0.25) is 0 Å². The summed E-state index contributed by atoms with van der Waals surface area (Å²) < 4.78 is 27.6. The minimum absolute atomic E-state index is 0.229. The number of phosphoric ester groups is 1. The summed E-state index contributed by atoms with van der Waals surface area (Å²) in [6.07, 6.45) is 0. The van der Waals surface area contributed by atoms with Crippen LogP contribution in [0.3, 0.4) is 0 Å². The SMILES string of the molecule is CCN(C)C(=O)COP(=O)(OC)OCC[N+](C)(C)C. The van der Waals surface area contributed by atoms with Gasteiger partial charge in [0.1, 0.15) is 19.8 Å². The summed E-state index contributed by atoms with van der Waals surface area (Å²) >= 11 is 0. The van der Waals surface area contributed by atoms with Crippen molar-refractivity contribution in [2.24, 2.45) is 0 Å². The van der Waals surface area contributed by atoms with E-state index in [-0.39, 0.29) is 19.1 Å². The smallest absolute Gasteiger partial charge is 0.344 e. The lowest BCUT2D eigenvalue weighted by Gasteiger charge is -2.24. The maximum Gasteiger partial charge on any atom is 0.475 e. The van der Waals surface area contributed by atoms with Crippen molar-refractivity contribution in [3.63, 3.8) is 0 Å². The Morgan fingerprint density at radius 1 is 1.26 bits per heavy atom. The molecule has 0 aliphatic carbocycles. The molecule has 8 heteroatoms. The lowest BCUT2D eigenvalue weighted by atomic mass is 10.5. The first-order valence-corrected chi connectivity index (χ1v) is 7.59. The standard InChI is InChI=1S/C11H26N2O5P/c1-7-12(2)11(14)10-18-19(15,16-6)17-9-8-13(3,4)5/h7-10H2,1-6H3/q+1. The Balaban J connectivity index is 4.23. The maximum atomic E-state index is 12.0. The van der Waals surface area contributed by atoms with Crippen molar-refractivity contribution in [1.29, 1.82) is 0 Å². The molecule has 0 aromatic heterocycles. The normalized spacial score (nSPS) is 15.1. The molecule has 1 amide bonds. The molecule has 7 nitrogen and oxygen atoms in total. The molecule has 19 heavy (non-hydrogen) atoms. The third-order valence-corrected chi connectivity index (χ3v) is 3.87. The molecule has 0 rings (SSSR count). The number of quaternary nitrogens is 1. The minimum atomic E-state index is -3.65. The molecule has 0 N–H and O–H groups in total. The first-order valence-electron chi connectivity index (χ1n) is 6.13. The number of carbonyl (C=O) groups is 1. The Bertz CT molecular complexity index is 330. The molecule has 0 radical (unpaired) electrons. The fourth-order valence-corrected chi connectivity index (χ4v) is 1.85. The highest BCUT2D eigenvalue weighted by Crippen LogP contribution is 2.48. The van der Waals surface area contributed by atoms with E-state index < -0.39 is 7.82 Å². The van der Waals surface area contributed by atoms with Crippen LogP contribution in [0.15, 0.2) is 0 Å². The van der Waals surface area contributed by atoms with Gasteiger partial charge in [0.25, 0.3) is 0 Å². The Kier molecular flexibility index (Phi) is 7.78. The largest absolute Gasteiger partial charge is 0.475 e. The highest BCUT2D eigenvalue weighted by molar-refractivity contribution is 7.48. The van der Waals surface area contributed by atoms with Gasteiger partial charge in [-0.2, -0.15) is 0 Å². The van der Waals surface area contributed by atoms with E-state index >= 15 is 0 Å². The lowest BCUT2D eigenvalue weighted by molar-refractivity contribution is -0.870. The molecule has 0 spiro atoms. The molecular formula is C11H26N2O5P+. The number of rotatable bonds is 9. The first-order chi connectivity index (χ1) is 8.63. The van der Waals surface area contributed by atoms with Crippen LogP contribution in [0.1, 0.15) is 6.92 Å². The van der Waals surface area contributed by atoms with Crippen LogP contribution in [0.25, 0.3) is 0 Å². The summed E-state index contributed by atoms with van der Waals surface area (Å²) in [6, 6.07) is 0. The average molecular weight is 297 g/mol. The third kappa shape index (κ3) is 8.34. The predicted octanol–water partition coefficient (Wildman–Crippen LogP) is 0.959. The van der Waals surface area contributed by atoms with Crippen molar-refractivity contribution in [2.75, 3.05) is 61.6 Å². The summed E-state index contributed by atoms with van der Waals surface area (Å²) in [5, 5.41) is 0. The zero-order chi connectivity index (χ0) is 15.1. The molecule has 0 heterocycles. The van der Waals surface area contributed by atoms with E-state index in [0.717, 1.165) is 0 Å². The molecule has 114 valence electrons. The van der Waals surface area contributed by atoms with Gasteiger partial charge in [-0.15, -0.1) is 0 Å². The fraction of sp³-hybridized carbons (Fsp3) is 0.909. The van der Waals surface area contributed by atoms with Crippen molar-refractivity contribution in [2.45, 2.75) is 6.92 Å². The Morgan fingerprint density at radius 2 is 1.84 bits per heavy atom. The Labute approximate surface area is 115 Å². The van der Waals surface area contributed by atoms with Gasteiger partial charge in [-0.3, -0.25) is 18.4 Å². The minimum Gasteiger partial charge on any atom is -0.344 e. The fourth-order valence-electron chi connectivity index (χ4n) is 0.990. The predicted molar refractivity (Wildman–Crippen MR) is 72.7 cm³/mol. The van der Waals surface area contributed by atoms with Crippen LogP contribution in [0.5, 0.6) is 0 Å². The van der Waals surface area contributed by atoms with Crippen molar-refractivity contribution >= 4 is 13.7 Å². The van der Waals surface area contributed by atoms with Crippen LogP contribution in [-0.4, -0.2) is 76.9 Å². The lowest BCUT2D eigenvalue weighted by Crippen LogP contribution is -2.37. The van der Waals surface area contributed by atoms with Crippen molar-refractivity contribution in [3.8, 4) is 0 Å². The second-order valence-electron chi connectivity index (χ2n) is 5.16. The Morgan fingerprint density at radius 3 is 2.26 bits per heavy atom. The molecule has 0 saturated heterocycles. The summed E-state index contributed by atoms with van der Waals surface area (Å²) in [5.74, 6) is -0.269. The second-order valence-corrected chi connectivity index (χ2v) is 6.93. The number of phosphoric acid groups is 1. The van der Waals surface area contributed by atoms with Crippen LogP contribution in [0, 0.1) is 0 Å². The molecule has 0 aromatic rings. The molecular weight excluding hydrogens is 271 g/mol. The van der Waals surface area contributed by atoms with Crippen LogP contribution in [0.4, 0.5) is 0 Å². The van der Waals surface area contributed by atoms with Crippen LogP contribution >= 0.6 is 7.82 Å². The summed E-state index contributed by atoms with van der Waals surface area (Å²) in [7, 11) is 5.19. The van der Waals surface area contributed by atoms with E-state index in [1.165, 1.54) is 12.0 Å². The van der Waals surface area contributed by atoms with Crippen LogP contribution in [-0.2, 0) is 22.9 Å². The molecule has 0 aliphatic heterocycles. The van der Waals surface area contributed by atoms with Crippen molar-refractivity contribution in [3.05, 3.63) is 0 Å². The van der Waals surface area contributed by atoms with Gasteiger partial charge in [-0.05, 0) is 6.92 Å². The van der Waals surface area contributed by atoms with E-state index in [4.69, 9.17) is 13.6 Å². The van der Waals surface area contributed by atoms with E-state index in [0.29, 0.717) is 17.6 Å². The van der Waals surface area contributed by atoms with Crippen molar-refractivity contribution in [1.82, 2.24) is 4.90 Å². The van der Waals surface area contributed by atoms with Crippen LogP contribution < -0.4 is 0 Å². The third-order valence-electron chi connectivity index (χ3n) is 2.48. The number of carbonyl (C=O) groups excluding carboxylic acids is 1. The molecule has 1 atom stereocenters. The number of hydrogen-bond acceptors (Lipinski definition) is 5. The molecule has 0 aliphatic rings. The Hall–Kier alpha value is -0.460. The second kappa shape index (κ2) is 7.97. The molecule has 0 saturated carbocycles. The van der Waals surface area contributed by atoms with Gasteiger partial charge in [0, 0.05) is 20.7 Å². The first kappa shape index (κ1) is 18.5. The molecule has 0 fully saturated rings. The summed E-state index contributed by atoms with van der Waals surface area (Å²) in [6.45, 7) is 2.96. The quantitative estimate of drug-likeness (QED) is 0.468. The molecule has 1 unspecified atom stereocenters. The average Bonchev–Trinajstić information content (AvgIpc) is 2.33. The molecule has 0 aromatic carbocycles. The van der Waals surface area contributed by atoms with Gasteiger partial charge < -0.3 is 9.38 Å². The van der Waals surface area contributed by atoms with E-state index in [1.807, 2.05) is 28.1 Å². The number of hydrogen-bond donors (Lipinski definition) is 0. The van der Waals surface area contributed by atoms with E-state index in [9.17, 15) is 9.36 Å². The van der Waals surface area contributed by atoms with Crippen molar-refractivity contribution < 1.29 is 27.4 Å². The highest BCUT2D eigenvalue weighted by atomic mass is 31.2. The summed E-state index contributed by atoms with van der Waals surface area (Å²) in [4.78, 5) is 13.0. The van der Waals surface area contributed by atoms with Gasteiger partial charge in [0.2, 0.25) is 5.91 Å². The number of nitrogens with zero attached hydrogens (tertiary/aromatic N) is 2.